The Hall–Kier alpha value is -2.97. The van der Waals surface area contributed by atoms with Crippen LogP contribution in [0.2, 0.25) is 0 Å². The second kappa shape index (κ2) is 9.02. The number of nitrogens with one attached hydrogen (secondary N) is 1. The van der Waals surface area contributed by atoms with Gasteiger partial charge < -0.3 is 19.7 Å². The molecule has 1 aromatic carbocycles. The van der Waals surface area contributed by atoms with Gasteiger partial charge in [0.2, 0.25) is 5.95 Å². The molecule has 2 N–H and O–H groups in total. The molecule has 1 aliphatic rings. The Kier molecular flexibility index (Phi) is 6.02. The Bertz CT molecular complexity index is 982. The van der Waals surface area contributed by atoms with E-state index in [1.807, 2.05) is 16.7 Å². The molecule has 1 aliphatic heterocycles. The predicted octanol–water partition coefficient (Wildman–Crippen LogP) is 2.13. The standard InChI is InChI=1S/C21H25N5O3/c27-15-16-4-5-17-19(13-16)26(14-18-20(28)3-1-6-22-18)21(24-17)23-7-2-8-25-9-11-29-12-10-25/h1,3-6,13,15,28H,2,7-12,14H2,(H,23,24). The lowest BCUT2D eigenvalue weighted by Gasteiger charge is -2.26. The van der Waals surface area contributed by atoms with E-state index in [9.17, 15) is 9.90 Å². The van der Waals surface area contributed by atoms with E-state index in [1.54, 1.807) is 24.4 Å². The summed E-state index contributed by atoms with van der Waals surface area (Å²) in [6.45, 7) is 5.70. The second-order valence-corrected chi connectivity index (χ2v) is 7.09. The van der Waals surface area contributed by atoms with Crippen LogP contribution in [0.1, 0.15) is 22.5 Å². The minimum atomic E-state index is 0.138. The third-order valence-electron chi connectivity index (χ3n) is 5.12. The Labute approximate surface area is 169 Å². The molecule has 0 aliphatic carbocycles. The minimum absolute atomic E-state index is 0.138. The van der Waals surface area contributed by atoms with Crippen LogP contribution in [0.25, 0.3) is 11.0 Å². The summed E-state index contributed by atoms with van der Waals surface area (Å²) in [7, 11) is 0. The monoisotopic (exact) mass is 395 g/mol. The summed E-state index contributed by atoms with van der Waals surface area (Å²) in [6, 6.07) is 8.72. The quantitative estimate of drug-likeness (QED) is 0.446. The number of rotatable bonds is 8. The topological polar surface area (TPSA) is 92.5 Å². The van der Waals surface area contributed by atoms with Gasteiger partial charge in [-0.3, -0.25) is 14.7 Å². The van der Waals surface area contributed by atoms with Crippen molar-refractivity contribution in [3.05, 3.63) is 47.8 Å². The molecule has 2 aromatic heterocycles. The van der Waals surface area contributed by atoms with Crippen molar-refractivity contribution in [3.63, 3.8) is 0 Å². The van der Waals surface area contributed by atoms with Crippen molar-refractivity contribution in [1.82, 2.24) is 19.4 Å². The highest BCUT2D eigenvalue weighted by atomic mass is 16.5. The van der Waals surface area contributed by atoms with E-state index in [0.29, 0.717) is 23.8 Å². The van der Waals surface area contributed by atoms with Crippen LogP contribution in [-0.4, -0.2) is 70.2 Å². The molecule has 0 unspecified atom stereocenters. The number of aldehydes is 1. The highest BCUT2D eigenvalue weighted by molar-refractivity contribution is 5.86. The molecule has 0 bridgehead atoms. The maximum absolute atomic E-state index is 11.2. The Morgan fingerprint density at radius 3 is 2.90 bits per heavy atom. The summed E-state index contributed by atoms with van der Waals surface area (Å²) >= 11 is 0. The number of fused-ring (bicyclic) bond motifs is 1. The number of benzene rings is 1. The smallest absolute Gasteiger partial charge is 0.204 e. The Balaban J connectivity index is 1.53. The van der Waals surface area contributed by atoms with Crippen molar-refractivity contribution in [2.24, 2.45) is 0 Å². The van der Waals surface area contributed by atoms with Crippen LogP contribution < -0.4 is 5.32 Å². The van der Waals surface area contributed by atoms with Gasteiger partial charge in [0.25, 0.3) is 0 Å². The van der Waals surface area contributed by atoms with E-state index in [0.717, 1.165) is 63.1 Å². The second-order valence-electron chi connectivity index (χ2n) is 7.09. The number of ether oxygens (including phenoxy) is 1. The number of carbonyl (C=O) groups excluding carboxylic acids is 1. The Morgan fingerprint density at radius 1 is 1.24 bits per heavy atom. The fourth-order valence-corrected chi connectivity index (χ4v) is 3.54. The number of carbonyl (C=O) groups is 1. The predicted molar refractivity (Wildman–Crippen MR) is 110 cm³/mol. The zero-order chi connectivity index (χ0) is 20.1. The maximum Gasteiger partial charge on any atom is 0.204 e. The molecule has 4 rings (SSSR count). The number of nitrogens with zero attached hydrogens (tertiary/aromatic N) is 4. The van der Waals surface area contributed by atoms with Gasteiger partial charge in [-0.05, 0) is 43.3 Å². The summed E-state index contributed by atoms with van der Waals surface area (Å²) in [4.78, 5) is 22.6. The van der Waals surface area contributed by atoms with Gasteiger partial charge in [-0.2, -0.15) is 0 Å². The molecule has 8 nitrogen and oxygen atoms in total. The molecule has 29 heavy (non-hydrogen) atoms. The first-order valence-electron chi connectivity index (χ1n) is 9.87. The van der Waals surface area contributed by atoms with E-state index < -0.39 is 0 Å². The fraction of sp³-hybridized carbons (Fsp3) is 0.381. The molecule has 0 saturated carbocycles. The van der Waals surface area contributed by atoms with Gasteiger partial charge in [0, 0.05) is 31.4 Å². The zero-order valence-corrected chi connectivity index (χ0v) is 16.3. The lowest BCUT2D eigenvalue weighted by molar-refractivity contribution is 0.0378. The van der Waals surface area contributed by atoms with Crippen molar-refractivity contribution in [2.75, 3.05) is 44.7 Å². The van der Waals surface area contributed by atoms with Crippen molar-refractivity contribution >= 4 is 23.3 Å². The summed E-state index contributed by atoms with van der Waals surface area (Å²) in [6.07, 6.45) is 3.46. The lowest BCUT2D eigenvalue weighted by atomic mass is 10.2. The largest absolute Gasteiger partial charge is 0.506 e. The van der Waals surface area contributed by atoms with Crippen LogP contribution in [0.4, 0.5) is 5.95 Å². The molecular formula is C21H25N5O3. The van der Waals surface area contributed by atoms with Crippen molar-refractivity contribution < 1.29 is 14.6 Å². The molecule has 3 aromatic rings. The maximum atomic E-state index is 11.2. The van der Waals surface area contributed by atoms with E-state index in [-0.39, 0.29) is 5.75 Å². The minimum Gasteiger partial charge on any atom is -0.506 e. The van der Waals surface area contributed by atoms with Gasteiger partial charge >= 0.3 is 0 Å². The number of imidazole rings is 1. The van der Waals surface area contributed by atoms with Crippen molar-refractivity contribution in [2.45, 2.75) is 13.0 Å². The molecule has 0 atom stereocenters. The summed E-state index contributed by atoms with van der Waals surface area (Å²) in [5.74, 6) is 0.842. The van der Waals surface area contributed by atoms with Gasteiger partial charge in [0.15, 0.2) is 0 Å². The highest BCUT2D eigenvalue weighted by Gasteiger charge is 2.14. The molecule has 152 valence electrons. The molecule has 1 saturated heterocycles. The van der Waals surface area contributed by atoms with E-state index in [1.165, 1.54) is 0 Å². The molecule has 0 amide bonds. The first-order valence-corrected chi connectivity index (χ1v) is 9.87. The van der Waals surface area contributed by atoms with Gasteiger partial charge in [0.1, 0.15) is 17.7 Å². The first kappa shape index (κ1) is 19.4. The fourth-order valence-electron chi connectivity index (χ4n) is 3.54. The number of pyridine rings is 1. The normalized spacial score (nSPS) is 14.9. The van der Waals surface area contributed by atoms with E-state index >= 15 is 0 Å². The molecular weight excluding hydrogens is 370 g/mol. The van der Waals surface area contributed by atoms with Crippen molar-refractivity contribution in [3.8, 4) is 5.75 Å². The van der Waals surface area contributed by atoms with Crippen LogP contribution in [0, 0.1) is 0 Å². The molecule has 3 heterocycles. The number of morpholine rings is 1. The number of hydrogen-bond acceptors (Lipinski definition) is 7. The zero-order valence-electron chi connectivity index (χ0n) is 16.3. The number of hydrogen-bond donors (Lipinski definition) is 2. The third-order valence-corrected chi connectivity index (χ3v) is 5.12. The van der Waals surface area contributed by atoms with Crippen LogP contribution in [0.5, 0.6) is 5.75 Å². The molecule has 0 spiro atoms. The summed E-state index contributed by atoms with van der Waals surface area (Å²) in [5, 5.41) is 13.6. The van der Waals surface area contributed by atoms with Gasteiger partial charge in [-0.1, -0.05) is 0 Å². The van der Waals surface area contributed by atoms with Gasteiger partial charge in [-0.25, -0.2) is 4.98 Å². The summed E-state index contributed by atoms with van der Waals surface area (Å²) in [5.41, 5.74) is 2.76. The molecule has 0 radical (unpaired) electrons. The third kappa shape index (κ3) is 4.55. The first-order chi connectivity index (χ1) is 14.2. The average Bonchev–Trinajstić information content (AvgIpc) is 3.10. The van der Waals surface area contributed by atoms with Crippen LogP contribution in [-0.2, 0) is 11.3 Å². The summed E-state index contributed by atoms with van der Waals surface area (Å²) < 4.78 is 7.35. The van der Waals surface area contributed by atoms with E-state index in [4.69, 9.17) is 9.72 Å². The SMILES string of the molecule is O=Cc1ccc2nc(NCCCN3CCOCC3)n(Cc3ncccc3O)c2c1. The number of aromatic hydroxyl groups is 1. The van der Waals surface area contributed by atoms with Crippen LogP contribution in [0.3, 0.4) is 0 Å². The van der Waals surface area contributed by atoms with Gasteiger partial charge in [-0.15, -0.1) is 0 Å². The lowest BCUT2D eigenvalue weighted by Crippen LogP contribution is -2.37. The highest BCUT2D eigenvalue weighted by Crippen LogP contribution is 2.24. The van der Waals surface area contributed by atoms with Gasteiger partial charge in [0.05, 0.1) is 30.8 Å². The van der Waals surface area contributed by atoms with Crippen molar-refractivity contribution in [1.29, 1.82) is 0 Å². The van der Waals surface area contributed by atoms with Crippen LogP contribution >= 0.6 is 0 Å². The number of anilines is 1. The average molecular weight is 395 g/mol. The van der Waals surface area contributed by atoms with E-state index in [2.05, 4.69) is 15.2 Å². The molecule has 8 heteroatoms. The van der Waals surface area contributed by atoms with Crippen LogP contribution in [0.15, 0.2) is 36.5 Å². The number of aromatic nitrogens is 3. The Morgan fingerprint density at radius 2 is 2.10 bits per heavy atom. The molecule has 1 fully saturated rings.